The van der Waals surface area contributed by atoms with Crippen molar-refractivity contribution in [2.45, 2.75) is 33.0 Å². The number of halogens is 2. The second-order valence-corrected chi connectivity index (χ2v) is 7.45. The SMILES string of the molecule is CC(C)NCc1cnc(N(C)Cc2ccc(Cl)s2)c(Cl)c1. The lowest BCUT2D eigenvalue weighted by atomic mass is 10.2. The minimum Gasteiger partial charge on any atom is -0.353 e. The molecule has 114 valence electrons. The number of anilines is 1. The maximum Gasteiger partial charge on any atom is 0.147 e. The average Bonchev–Trinajstić information content (AvgIpc) is 2.81. The van der Waals surface area contributed by atoms with Gasteiger partial charge in [-0.2, -0.15) is 0 Å². The normalized spacial score (nSPS) is 11.1. The number of hydrogen-bond donors (Lipinski definition) is 1. The zero-order valence-corrected chi connectivity index (χ0v) is 14.7. The van der Waals surface area contributed by atoms with E-state index >= 15 is 0 Å². The quantitative estimate of drug-likeness (QED) is 0.831. The van der Waals surface area contributed by atoms with Crippen LogP contribution in [0, 0.1) is 0 Å². The van der Waals surface area contributed by atoms with Gasteiger partial charge < -0.3 is 10.2 Å². The molecule has 6 heteroatoms. The van der Waals surface area contributed by atoms with Gasteiger partial charge in [-0.3, -0.25) is 0 Å². The summed E-state index contributed by atoms with van der Waals surface area (Å²) in [4.78, 5) is 7.70. The molecule has 0 saturated carbocycles. The standard InChI is InChI=1S/C15H19Cl2N3S/c1-10(2)18-7-11-6-13(16)15(19-8-11)20(3)9-12-4-5-14(17)21-12/h4-6,8,10,18H,7,9H2,1-3H3. The van der Waals surface area contributed by atoms with Gasteiger partial charge in [0.05, 0.1) is 15.9 Å². The molecule has 0 aliphatic heterocycles. The molecular formula is C15H19Cl2N3S. The largest absolute Gasteiger partial charge is 0.353 e. The van der Waals surface area contributed by atoms with E-state index in [2.05, 4.69) is 24.1 Å². The molecule has 2 aromatic heterocycles. The molecule has 0 amide bonds. The third-order valence-corrected chi connectivity index (χ3v) is 4.47. The lowest BCUT2D eigenvalue weighted by Crippen LogP contribution is -2.22. The fourth-order valence-electron chi connectivity index (χ4n) is 1.92. The van der Waals surface area contributed by atoms with Crippen LogP contribution in [0.3, 0.4) is 0 Å². The topological polar surface area (TPSA) is 28.2 Å². The van der Waals surface area contributed by atoms with Crippen LogP contribution in [-0.4, -0.2) is 18.1 Å². The Labute approximate surface area is 139 Å². The molecule has 0 radical (unpaired) electrons. The van der Waals surface area contributed by atoms with Gasteiger partial charge in [0.25, 0.3) is 0 Å². The number of pyridine rings is 1. The summed E-state index contributed by atoms with van der Waals surface area (Å²) in [6.07, 6.45) is 1.87. The lowest BCUT2D eigenvalue weighted by molar-refractivity contribution is 0.588. The van der Waals surface area contributed by atoms with Crippen LogP contribution in [0.15, 0.2) is 24.4 Å². The second-order valence-electron chi connectivity index (χ2n) is 5.25. The first-order valence-corrected chi connectivity index (χ1v) is 8.36. The molecule has 2 aromatic rings. The third kappa shape index (κ3) is 4.85. The van der Waals surface area contributed by atoms with Crippen LogP contribution < -0.4 is 10.2 Å². The number of rotatable bonds is 6. The van der Waals surface area contributed by atoms with Gasteiger partial charge in [-0.25, -0.2) is 4.98 Å². The maximum atomic E-state index is 6.36. The van der Waals surface area contributed by atoms with Crippen LogP contribution in [0.2, 0.25) is 9.36 Å². The van der Waals surface area contributed by atoms with E-state index in [9.17, 15) is 0 Å². The van der Waals surface area contributed by atoms with Gasteiger partial charge >= 0.3 is 0 Å². The predicted octanol–water partition coefficient (Wildman–Crippen LogP) is 4.58. The molecule has 0 aromatic carbocycles. The van der Waals surface area contributed by atoms with Crippen molar-refractivity contribution in [2.24, 2.45) is 0 Å². The number of thiophene rings is 1. The Kier molecular flexibility index (Phi) is 5.88. The Bertz CT molecular complexity index is 598. The van der Waals surface area contributed by atoms with E-state index in [0.717, 1.165) is 28.8 Å². The van der Waals surface area contributed by atoms with E-state index in [4.69, 9.17) is 23.2 Å². The van der Waals surface area contributed by atoms with Crippen molar-refractivity contribution < 1.29 is 0 Å². The van der Waals surface area contributed by atoms with Crippen LogP contribution in [0.1, 0.15) is 24.3 Å². The van der Waals surface area contributed by atoms with E-state index in [-0.39, 0.29) is 0 Å². The van der Waals surface area contributed by atoms with Crippen LogP contribution in [0.4, 0.5) is 5.82 Å². The van der Waals surface area contributed by atoms with E-state index < -0.39 is 0 Å². The summed E-state index contributed by atoms with van der Waals surface area (Å²) in [5.41, 5.74) is 1.09. The molecule has 0 fully saturated rings. The van der Waals surface area contributed by atoms with Crippen molar-refractivity contribution >= 4 is 40.4 Å². The first kappa shape index (κ1) is 16.6. The van der Waals surface area contributed by atoms with Gasteiger partial charge in [0.15, 0.2) is 0 Å². The fourth-order valence-corrected chi connectivity index (χ4v) is 3.39. The summed E-state index contributed by atoms with van der Waals surface area (Å²) in [6.45, 7) is 5.75. The van der Waals surface area contributed by atoms with Crippen LogP contribution >= 0.6 is 34.5 Å². The van der Waals surface area contributed by atoms with E-state index in [1.54, 1.807) is 11.3 Å². The highest BCUT2D eigenvalue weighted by Gasteiger charge is 2.10. The molecule has 0 unspecified atom stereocenters. The first-order chi connectivity index (χ1) is 9.95. The zero-order chi connectivity index (χ0) is 15.4. The number of nitrogens with one attached hydrogen (secondary N) is 1. The van der Waals surface area contributed by atoms with Crippen molar-refractivity contribution in [2.75, 3.05) is 11.9 Å². The highest BCUT2D eigenvalue weighted by atomic mass is 35.5. The Balaban J connectivity index is 2.05. The smallest absolute Gasteiger partial charge is 0.147 e. The summed E-state index contributed by atoms with van der Waals surface area (Å²) in [6, 6.07) is 6.34. The first-order valence-electron chi connectivity index (χ1n) is 6.79. The van der Waals surface area contributed by atoms with E-state index in [1.165, 1.54) is 4.88 Å². The Morgan fingerprint density at radius 1 is 1.33 bits per heavy atom. The zero-order valence-electron chi connectivity index (χ0n) is 12.4. The molecule has 0 aliphatic rings. The lowest BCUT2D eigenvalue weighted by Gasteiger charge is -2.19. The maximum absolute atomic E-state index is 6.36. The molecule has 3 nitrogen and oxygen atoms in total. The summed E-state index contributed by atoms with van der Waals surface area (Å²) in [5.74, 6) is 0.787. The van der Waals surface area contributed by atoms with E-state index in [1.807, 2.05) is 36.3 Å². The molecule has 0 atom stereocenters. The van der Waals surface area contributed by atoms with Gasteiger partial charge in [-0.05, 0) is 23.8 Å². The molecule has 0 saturated heterocycles. The van der Waals surface area contributed by atoms with Crippen molar-refractivity contribution in [3.63, 3.8) is 0 Å². The highest BCUT2D eigenvalue weighted by Crippen LogP contribution is 2.27. The average molecular weight is 344 g/mol. The van der Waals surface area contributed by atoms with Crippen LogP contribution in [-0.2, 0) is 13.1 Å². The van der Waals surface area contributed by atoms with Gasteiger partial charge in [0.2, 0.25) is 0 Å². The van der Waals surface area contributed by atoms with E-state index in [0.29, 0.717) is 11.1 Å². The Morgan fingerprint density at radius 3 is 2.67 bits per heavy atom. The van der Waals surface area contributed by atoms with Crippen molar-refractivity contribution in [1.29, 1.82) is 0 Å². The molecule has 0 bridgehead atoms. The summed E-state index contributed by atoms with van der Waals surface area (Å²) < 4.78 is 0.799. The van der Waals surface area contributed by atoms with Crippen molar-refractivity contribution in [3.8, 4) is 0 Å². The van der Waals surface area contributed by atoms with Crippen molar-refractivity contribution in [1.82, 2.24) is 10.3 Å². The highest BCUT2D eigenvalue weighted by molar-refractivity contribution is 7.16. The number of nitrogens with zero attached hydrogens (tertiary/aromatic N) is 2. The Morgan fingerprint density at radius 2 is 2.10 bits per heavy atom. The van der Waals surface area contributed by atoms with Crippen LogP contribution in [0.5, 0.6) is 0 Å². The second kappa shape index (κ2) is 7.45. The third-order valence-electron chi connectivity index (χ3n) is 2.98. The monoisotopic (exact) mass is 343 g/mol. The minimum atomic E-state index is 0.440. The molecule has 1 N–H and O–H groups in total. The molecule has 21 heavy (non-hydrogen) atoms. The minimum absolute atomic E-state index is 0.440. The fraction of sp³-hybridized carbons (Fsp3) is 0.400. The molecular weight excluding hydrogens is 325 g/mol. The van der Waals surface area contributed by atoms with Gasteiger partial charge in [-0.1, -0.05) is 37.0 Å². The van der Waals surface area contributed by atoms with Gasteiger partial charge in [0.1, 0.15) is 5.82 Å². The molecule has 0 aliphatic carbocycles. The summed E-state index contributed by atoms with van der Waals surface area (Å²) >= 11 is 13.9. The Hall–Kier alpha value is -0.810. The molecule has 2 heterocycles. The van der Waals surface area contributed by atoms with Crippen molar-refractivity contribution in [3.05, 3.63) is 44.2 Å². The van der Waals surface area contributed by atoms with Gasteiger partial charge in [-0.15, -0.1) is 11.3 Å². The number of hydrogen-bond acceptors (Lipinski definition) is 4. The predicted molar refractivity (Wildman–Crippen MR) is 92.7 cm³/mol. The summed E-state index contributed by atoms with van der Waals surface area (Å²) in [5, 5.41) is 4.02. The molecule has 2 rings (SSSR count). The number of aromatic nitrogens is 1. The summed E-state index contributed by atoms with van der Waals surface area (Å²) in [7, 11) is 1.98. The van der Waals surface area contributed by atoms with Crippen LogP contribution in [0.25, 0.3) is 0 Å². The van der Waals surface area contributed by atoms with Gasteiger partial charge in [0, 0.05) is 30.7 Å². The molecule has 0 spiro atoms.